The quantitative estimate of drug-likeness (QED) is 0.771. The van der Waals surface area contributed by atoms with E-state index in [1.807, 2.05) is 6.92 Å². The lowest BCUT2D eigenvalue weighted by Gasteiger charge is -2.13. The smallest absolute Gasteiger partial charge is 0.261 e. The molecule has 0 saturated heterocycles. The number of nitrogens with zero attached hydrogens (tertiary/aromatic N) is 1. The lowest BCUT2D eigenvalue weighted by Crippen LogP contribution is -2.35. The molecule has 0 fully saturated rings. The number of aromatic amines is 1. The molecule has 0 aliphatic carbocycles. The van der Waals surface area contributed by atoms with Crippen LogP contribution in [0.1, 0.15) is 49.9 Å². The van der Waals surface area contributed by atoms with Crippen LogP contribution in [-0.2, 0) is 0 Å². The number of rotatable bonds is 7. The van der Waals surface area contributed by atoms with Gasteiger partial charge >= 0.3 is 0 Å². The van der Waals surface area contributed by atoms with Gasteiger partial charge < -0.3 is 10.3 Å². The van der Waals surface area contributed by atoms with E-state index < -0.39 is 0 Å². The van der Waals surface area contributed by atoms with Gasteiger partial charge in [-0.1, -0.05) is 26.2 Å². The van der Waals surface area contributed by atoms with Crippen molar-refractivity contribution in [2.45, 2.75) is 45.6 Å². The minimum Gasteiger partial charge on any atom is -0.349 e. The third-order valence-electron chi connectivity index (χ3n) is 3.76. The maximum absolute atomic E-state index is 12.2. The molecule has 1 amide bonds. The molecular weight excluding hydrogens is 290 g/mol. The van der Waals surface area contributed by atoms with Crippen molar-refractivity contribution in [3.63, 3.8) is 0 Å². The third kappa shape index (κ3) is 4.77. The Morgan fingerprint density at radius 2 is 1.96 bits per heavy atom. The van der Waals surface area contributed by atoms with E-state index in [9.17, 15) is 9.59 Å². The molecule has 0 aliphatic rings. The van der Waals surface area contributed by atoms with Gasteiger partial charge in [0.15, 0.2) is 0 Å². The van der Waals surface area contributed by atoms with Crippen LogP contribution in [0.5, 0.6) is 0 Å². The van der Waals surface area contributed by atoms with Gasteiger partial charge in [0.2, 0.25) is 0 Å². The SMILES string of the molecule is CCCCC[C@H](C)NC(=O)c1ccc(-c2ccncc2)[nH]c1=O. The molecule has 2 heterocycles. The molecule has 1 atom stereocenters. The molecule has 0 spiro atoms. The highest BCUT2D eigenvalue weighted by Gasteiger charge is 2.13. The van der Waals surface area contributed by atoms with E-state index in [-0.39, 0.29) is 23.1 Å². The third-order valence-corrected chi connectivity index (χ3v) is 3.76. The zero-order chi connectivity index (χ0) is 16.7. The number of aromatic nitrogens is 2. The second kappa shape index (κ2) is 8.27. The average molecular weight is 313 g/mol. The summed E-state index contributed by atoms with van der Waals surface area (Å²) in [6.45, 7) is 4.11. The van der Waals surface area contributed by atoms with Crippen LogP contribution in [0.4, 0.5) is 0 Å². The standard InChI is InChI=1S/C18H23N3O2/c1-3-4-5-6-13(2)20-17(22)15-7-8-16(21-18(15)23)14-9-11-19-12-10-14/h7-13H,3-6H2,1-2H3,(H,20,22)(H,21,23)/t13-/m0/s1. The van der Waals surface area contributed by atoms with Gasteiger partial charge in [-0.05, 0) is 37.6 Å². The number of unbranched alkanes of at least 4 members (excludes halogenated alkanes) is 2. The fourth-order valence-corrected chi connectivity index (χ4v) is 2.43. The lowest BCUT2D eigenvalue weighted by molar-refractivity contribution is 0.0936. The molecule has 2 rings (SSSR count). The Kier molecular flexibility index (Phi) is 6.09. The zero-order valence-corrected chi connectivity index (χ0v) is 13.6. The molecule has 0 aromatic carbocycles. The number of pyridine rings is 2. The maximum atomic E-state index is 12.2. The highest BCUT2D eigenvalue weighted by molar-refractivity contribution is 5.94. The van der Waals surface area contributed by atoms with Gasteiger partial charge in [-0.25, -0.2) is 0 Å². The van der Waals surface area contributed by atoms with Gasteiger partial charge in [0.25, 0.3) is 11.5 Å². The van der Waals surface area contributed by atoms with Crippen molar-refractivity contribution in [2.24, 2.45) is 0 Å². The number of hydrogen-bond donors (Lipinski definition) is 2. The monoisotopic (exact) mass is 313 g/mol. The molecular formula is C18H23N3O2. The second-order valence-corrected chi connectivity index (χ2v) is 5.72. The van der Waals surface area contributed by atoms with Crippen molar-refractivity contribution in [3.8, 4) is 11.3 Å². The summed E-state index contributed by atoms with van der Waals surface area (Å²) in [4.78, 5) is 31.1. The van der Waals surface area contributed by atoms with E-state index in [0.29, 0.717) is 5.69 Å². The summed E-state index contributed by atoms with van der Waals surface area (Å²) in [6, 6.07) is 6.99. The molecule has 23 heavy (non-hydrogen) atoms. The van der Waals surface area contributed by atoms with Crippen LogP contribution in [0.25, 0.3) is 11.3 Å². The number of amides is 1. The van der Waals surface area contributed by atoms with Crippen LogP contribution in [0.15, 0.2) is 41.5 Å². The van der Waals surface area contributed by atoms with E-state index in [4.69, 9.17) is 0 Å². The van der Waals surface area contributed by atoms with Gasteiger partial charge in [-0.15, -0.1) is 0 Å². The minimum absolute atomic E-state index is 0.0633. The Balaban J connectivity index is 2.06. The van der Waals surface area contributed by atoms with Gasteiger partial charge in [-0.3, -0.25) is 14.6 Å². The highest BCUT2D eigenvalue weighted by Crippen LogP contribution is 2.13. The molecule has 0 saturated carbocycles. The summed E-state index contributed by atoms with van der Waals surface area (Å²) in [5, 5.41) is 2.89. The maximum Gasteiger partial charge on any atom is 0.261 e. The van der Waals surface area contributed by atoms with Gasteiger partial charge in [0.05, 0.1) is 0 Å². The predicted octanol–water partition coefficient (Wildman–Crippen LogP) is 3.14. The second-order valence-electron chi connectivity index (χ2n) is 5.72. The number of carbonyl (C=O) groups excluding carboxylic acids is 1. The molecule has 2 aromatic heterocycles. The van der Waals surface area contributed by atoms with Gasteiger partial charge in [0, 0.05) is 29.7 Å². The van der Waals surface area contributed by atoms with E-state index in [2.05, 4.69) is 22.2 Å². The summed E-state index contributed by atoms with van der Waals surface area (Å²) in [7, 11) is 0. The molecule has 5 heteroatoms. The molecule has 0 unspecified atom stereocenters. The summed E-state index contributed by atoms with van der Waals surface area (Å²) in [6.07, 6.45) is 7.62. The van der Waals surface area contributed by atoms with Crippen molar-refractivity contribution in [1.29, 1.82) is 0 Å². The fraction of sp³-hybridized carbons (Fsp3) is 0.389. The minimum atomic E-state index is -0.377. The summed E-state index contributed by atoms with van der Waals surface area (Å²) in [5.41, 5.74) is 1.30. The Morgan fingerprint density at radius 3 is 2.61 bits per heavy atom. The van der Waals surface area contributed by atoms with E-state index >= 15 is 0 Å². The Morgan fingerprint density at radius 1 is 1.22 bits per heavy atom. The van der Waals surface area contributed by atoms with Crippen LogP contribution >= 0.6 is 0 Å². The van der Waals surface area contributed by atoms with Crippen LogP contribution in [0.2, 0.25) is 0 Å². The molecule has 0 aliphatic heterocycles. The Bertz CT molecular complexity index is 695. The topological polar surface area (TPSA) is 74.8 Å². The van der Waals surface area contributed by atoms with Crippen molar-refractivity contribution in [1.82, 2.24) is 15.3 Å². The first-order valence-corrected chi connectivity index (χ1v) is 8.06. The average Bonchev–Trinajstić information content (AvgIpc) is 2.55. The number of carbonyl (C=O) groups is 1. The Labute approximate surface area is 136 Å². The molecule has 5 nitrogen and oxygen atoms in total. The van der Waals surface area contributed by atoms with Crippen LogP contribution < -0.4 is 10.9 Å². The number of hydrogen-bond acceptors (Lipinski definition) is 3. The van der Waals surface area contributed by atoms with Gasteiger partial charge in [-0.2, -0.15) is 0 Å². The predicted molar refractivity (Wildman–Crippen MR) is 91.4 cm³/mol. The summed E-state index contributed by atoms with van der Waals surface area (Å²) < 4.78 is 0. The van der Waals surface area contributed by atoms with Crippen LogP contribution in [0, 0.1) is 0 Å². The first-order valence-electron chi connectivity index (χ1n) is 8.06. The van der Waals surface area contributed by atoms with Crippen LogP contribution in [0.3, 0.4) is 0 Å². The van der Waals surface area contributed by atoms with E-state index in [1.54, 1.807) is 36.7 Å². The van der Waals surface area contributed by atoms with Crippen molar-refractivity contribution < 1.29 is 4.79 Å². The molecule has 122 valence electrons. The lowest BCUT2D eigenvalue weighted by atomic mass is 10.1. The molecule has 0 bridgehead atoms. The first-order chi connectivity index (χ1) is 11.1. The number of H-pyrrole nitrogens is 1. The van der Waals surface area contributed by atoms with E-state index in [1.165, 1.54) is 0 Å². The molecule has 2 aromatic rings. The van der Waals surface area contributed by atoms with Crippen molar-refractivity contribution in [3.05, 3.63) is 52.6 Å². The normalized spacial score (nSPS) is 11.9. The summed E-state index contributed by atoms with van der Waals surface area (Å²) in [5.74, 6) is -0.323. The number of nitrogens with one attached hydrogen (secondary N) is 2. The largest absolute Gasteiger partial charge is 0.349 e. The zero-order valence-electron chi connectivity index (χ0n) is 13.6. The first kappa shape index (κ1) is 16.9. The van der Waals surface area contributed by atoms with Crippen molar-refractivity contribution in [2.75, 3.05) is 0 Å². The Hall–Kier alpha value is -2.43. The highest BCUT2D eigenvalue weighted by atomic mass is 16.2. The fourth-order valence-electron chi connectivity index (χ4n) is 2.43. The summed E-state index contributed by atoms with van der Waals surface area (Å²) >= 11 is 0. The van der Waals surface area contributed by atoms with Crippen molar-refractivity contribution >= 4 is 5.91 Å². The molecule has 0 radical (unpaired) electrons. The van der Waals surface area contributed by atoms with Crippen LogP contribution in [-0.4, -0.2) is 21.9 Å². The molecule has 2 N–H and O–H groups in total. The van der Waals surface area contributed by atoms with E-state index in [0.717, 1.165) is 31.2 Å². The van der Waals surface area contributed by atoms with Gasteiger partial charge in [0.1, 0.15) is 5.56 Å².